The van der Waals surface area contributed by atoms with Gasteiger partial charge >= 0.3 is 11.9 Å². The second-order valence-electron chi connectivity index (χ2n) is 4.95. The number of furan rings is 1. The summed E-state index contributed by atoms with van der Waals surface area (Å²) in [5, 5.41) is 19.7. The molecule has 1 saturated heterocycles. The average Bonchev–Trinajstić information content (AvgIpc) is 2.80. The highest BCUT2D eigenvalue weighted by Crippen LogP contribution is 2.25. The number of carbonyl (C=O) groups is 1. The van der Waals surface area contributed by atoms with Gasteiger partial charge in [-0.05, 0) is 31.4 Å². The van der Waals surface area contributed by atoms with Crippen LogP contribution in [-0.2, 0) is 11.3 Å². The number of nitrogens with zero attached hydrogens (tertiary/aromatic N) is 2. The molecule has 1 aromatic rings. The Morgan fingerprint density at radius 3 is 2.95 bits per heavy atom. The number of rotatable bonds is 4. The van der Waals surface area contributed by atoms with Gasteiger partial charge in [-0.15, -0.1) is 0 Å². The molecule has 0 aromatic carbocycles. The first kappa shape index (κ1) is 13.5. The lowest BCUT2D eigenvalue weighted by Gasteiger charge is -2.35. The summed E-state index contributed by atoms with van der Waals surface area (Å²) in [5.41, 5.74) is 0. The lowest BCUT2D eigenvalue weighted by atomic mass is 9.92. The minimum atomic E-state index is -0.854. The maximum absolute atomic E-state index is 11.2. The largest absolute Gasteiger partial charge is 0.480 e. The van der Waals surface area contributed by atoms with Gasteiger partial charge in [-0.25, -0.2) is 0 Å². The van der Waals surface area contributed by atoms with E-state index in [2.05, 4.69) is 0 Å². The Kier molecular flexibility index (Phi) is 3.84. The monoisotopic (exact) mass is 268 g/mol. The smallest absolute Gasteiger partial charge is 0.433 e. The van der Waals surface area contributed by atoms with Crippen LogP contribution < -0.4 is 0 Å². The summed E-state index contributed by atoms with van der Waals surface area (Å²) >= 11 is 0. The van der Waals surface area contributed by atoms with Gasteiger partial charge in [0.25, 0.3) is 0 Å². The van der Waals surface area contributed by atoms with E-state index in [1.165, 1.54) is 12.1 Å². The third-order valence-corrected chi connectivity index (χ3v) is 3.45. The molecule has 2 rings (SSSR count). The molecule has 0 spiro atoms. The molecule has 1 aliphatic heterocycles. The van der Waals surface area contributed by atoms with E-state index in [1.807, 2.05) is 6.92 Å². The van der Waals surface area contributed by atoms with Crippen LogP contribution >= 0.6 is 0 Å². The fraction of sp³-hybridized carbons (Fsp3) is 0.583. The predicted molar refractivity (Wildman–Crippen MR) is 65.6 cm³/mol. The summed E-state index contributed by atoms with van der Waals surface area (Å²) < 4.78 is 5.07. The molecule has 2 unspecified atom stereocenters. The molecule has 0 radical (unpaired) electrons. The molecule has 0 aliphatic carbocycles. The maximum Gasteiger partial charge on any atom is 0.433 e. The molecule has 2 atom stereocenters. The van der Waals surface area contributed by atoms with E-state index in [1.54, 1.807) is 4.90 Å². The third-order valence-electron chi connectivity index (χ3n) is 3.45. The van der Waals surface area contributed by atoms with Crippen molar-refractivity contribution < 1.29 is 19.2 Å². The van der Waals surface area contributed by atoms with Crippen LogP contribution in [0.15, 0.2) is 16.5 Å². The molecule has 0 bridgehead atoms. The number of likely N-dealkylation sites (tertiary alicyclic amines) is 1. The van der Waals surface area contributed by atoms with Crippen LogP contribution in [0.3, 0.4) is 0 Å². The van der Waals surface area contributed by atoms with Crippen molar-refractivity contribution in [3.63, 3.8) is 0 Å². The fourth-order valence-electron chi connectivity index (χ4n) is 2.39. The van der Waals surface area contributed by atoms with Gasteiger partial charge in [-0.2, -0.15) is 0 Å². The molecule has 0 amide bonds. The van der Waals surface area contributed by atoms with Crippen LogP contribution in [0.2, 0.25) is 0 Å². The van der Waals surface area contributed by atoms with E-state index in [0.717, 1.165) is 6.42 Å². The number of hydrogen-bond donors (Lipinski definition) is 1. The number of piperidine rings is 1. The van der Waals surface area contributed by atoms with Crippen molar-refractivity contribution in [1.29, 1.82) is 0 Å². The summed E-state index contributed by atoms with van der Waals surface area (Å²) in [7, 11) is 0. The zero-order valence-corrected chi connectivity index (χ0v) is 10.6. The fourth-order valence-corrected chi connectivity index (χ4v) is 2.39. The van der Waals surface area contributed by atoms with E-state index in [4.69, 9.17) is 4.42 Å². The van der Waals surface area contributed by atoms with Crippen LogP contribution in [0.4, 0.5) is 5.88 Å². The van der Waals surface area contributed by atoms with Crippen molar-refractivity contribution >= 4 is 11.9 Å². The van der Waals surface area contributed by atoms with E-state index in [9.17, 15) is 20.0 Å². The number of nitro groups is 1. The molecule has 1 fully saturated rings. The molecule has 7 nitrogen and oxygen atoms in total. The molecule has 104 valence electrons. The Hall–Kier alpha value is -1.89. The summed E-state index contributed by atoms with van der Waals surface area (Å²) in [5.74, 6) is -0.365. The Bertz CT molecular complexity index is 484. The minimum Gasteiger partial charge on any atom is -0.480 e. The lowest BCUT2D eigenvalue weighted by Crippen LogP contribution is -2.46. The van der Waals surface area contributed by atoms with Gasteiger partial charge in [0.2, 0.25) is 0 Å². The standard InChI is InChI=1S/C12H16N2O5/c1-8-4-5-13(10(6-8)12(15)16)7-9-2-3-11(19-9)14(17)18/h2-3,8,10H,4-7H2,1H3,(H,15,16). The van der Waals surface area contributed by atoms with Crippen molar-refractivity contribution in [2.45, 2.75) is 32.4 Å². The molecule has 2 heterocycles. The van der Waals surface area contributed by atoms with E-state index >= 15 is 0 Å². The molecule has 19 heavy (non-hydrogen) atoms. The zero-order valence-electron chi connectivity index (χ0n) is 10.6. The first-order valence-corrected chi connectivity index (χ1v) is 6.17. The molecule has 7 heteroatoms. The van der Waals surface area contributed by atoms with Crippen molar-refractivity contribution in [2.24, 2.45) is 5.92 Å². The highest BCUT2D eigenvalue weighted by Gasteiger charge is 2.32. The van der Waals surface area contributed by atoms with Gasteiger partial charge in [0, 0.05) is 0 Å². The number of hydrogen-bond acceptors (Lipinski definition) is 5. The summed E-state index contributed by atoms with van der Waals surface area (Å²) in [6.45, 7) is 2.98. The molecule has 1 N–H and O–H groups in total. The summed E-state index contributed by atoms with van der Waals surface area (Å²) in [6, 6.07) is 2.26. The van der Waals surface area contributed by atoms with Gasteiger partial charge in [-0.1, -0.05) is 6.92 Å². The normalized spacial score (nSPS) is 24.3. The molecular formula is C12H16N2O5. The SMILES string of the molecule is CC1CCN(Cc2ccc([N+](=O)[O-])o2)C(C(=O)O)C1. The Morgan fingerprint density at radius 1 is 1.63 bits per heavy atom. The number of carboxylic acids is 1. The zero-order chi connectivity index (χ0) is 14.0. The first-order chi connectivity index (χ1) is 8.97. The second-order valence-corrected chi connectivity index (χ2v) is 4.95. The Morgan fingerprint density at radius 2 is 2.37 bits per heavy atom. The number of carboxylic acid groups (broad SMARTS) is 1. The van der Waals surface area contributed by atoms with Crippen molar-refractivity contribution in [1.82, 2.24) is 4.90 Å². The van der Waals surface area contributed by atoms with Crippen LogP contribution in [0.1, 0.15) is 25.5 Å². The summed E-state index contributed by atoms with van der Waals surface area (Å²) in [6.07, 6.45) is 1.52. The summed E-state index contributed by atoms with van der Waals surface area (Å²) in [4.78, 5) is 23.0. The molecule has 1 aliphatic rings. The quantitative estimate of drug-likeness (QED) is 0.661. The van der Waals surface area contributed by atoms with Crippen molar-refractivity contribution in [2.75, 3.05) is 6.54 Å². The topological polar surface area (TPSA) is 96.8 Å². The van der Waals surface area contributed by atoms with E-state index in [0.29, 0.717) is 24.6 Å². The van der Waals surface area contributed by atoms with Crippen molar-refractivity contribution in [3.05, 3.63) is 28.0 Å². The molecule has 1 aromatic heterocycles. The first-order valence-electron chi connectivity index (χ1n) is 6.17. The van der Waals surface area contributed by atoms with Gasteiger partial charge in [0.15, 0.2) is 0 Å². The molecule has 0 saturated carbocycles. The van der Waals surface area contributed by atoms with Gasteiger partial charge in [0.1, 0.15) is 16.7 Å². The molecular weight excluding hydrogens is 252 g/mol. The number of aliphatic carboxylic acids is 1. The van der Waals surface area contributed by atoms with Crippen molar-refractivity contribution in [3.8, 4) is 0 Å². The third kappa shape index (κ3) is 3.11. The highest BCUT2D eigenvalue weighted by molar-refractivity contribution is 5.73. The van der Waals surface area contributed by atoms with Gasteiger partial charge in [-0.3, -0.25) is 19.8 Å². The maximum atomic E-state index is 11.2. The van der Waals surface area contributed by atoms with Gasteiger partial charge in [0.05, 0.1) is 12.6 Å². The van der Waals surface area contributed by atoms with Gasteiger partial charge < -0.3 is 9.52 Å². The van der Waals surface area contributed by atoms with Crippen LogP contribution in [-0.4, -0.2) is 33.5 Å². The second kappa shape index (κ2) is 5.40. The Labute approximate surface area is 110 Å². The lowest BCUT2D eigenvalue weighted by molar-refractivity contribution is -0.402. The minimum absolute atomic E-state index is 0.289. The Balaban J connectivity index is 2.07. The highest BCUT2D eigenvalue weighted by atomic mass is 16.6. The van der Waals surface area contributed by atoms with Crippen LogP contribution in [0.5, 0.6) is 0 Å². The van der Waals surface area contributed by atoms with E-state index < -0.39 is 16.9 Å². The van der Waals surface area contributed by atoms with Crippen LogP contribution in [0, 0.1) is 16.0 Å². The van der Waals surface area contributed by atoms with Crippen LogP contribution in [0.25, 0.3) is 0 Å². The average molecular weight is 268 g/mol. The predicted octanol–water partition coefficient (Wildman–Crippen LogP) is 1.87. The van der Waals surface area contributed by atoms with E-state index in [-0.39, 0.29) is 12.4 Å².